The van der Waals surface area contributed by atoms with Crippen molar-refractivity contribution < 1.29 is 0 Å². The summed E-state index contributed by atoms with van der Waals surface area (Å²) < 4.78 is 0. The summed E-state index contributed by atoms with van der Waals surface area (Å²) in [5, 5.41) is 1.19. The van der Waals surface area contributed by atoms with E-state index < -0.39 is 0 Å². The lowest BCUT2D eigenvalue weighted by molar-refractivity contribution is 0.0326. The highest BCUT2D eigenvalue weighted by molar-refractivity contribution is 9.09. The number of nitrogens with zero attached hydrogens (tertiary/aromatic N) is 2. The maximum absolute atomic E-state index is 3.83. The van der Waals surface area contributed by atoms with Gasteiger partial charge in [-0.3, -0.25) is 9.80 Å². The predicted molar refractivity (Wildman–Crippen MR) is 87.1 cm³/mol. The summed E-state index contributed by atoms with van der Waals surface area (Å²) in [4.78, 5) is 5.27. The molecule has 0 spiro atoms. The van der Waals surface area contributed by atoms with Gasteiger partial charge >= 0.3 is 0 Å². The van der Waals surface area contributed by atoms with E-state index in [1.54, 1.807) is 0 Å². The Labute approximate surface area is 128 Å². The molecule has 0 N–H and O–H groups in total. The van der Waals surface area contributed by atoms with Crippen LogP contribution in [0.1, 0.15) is 52.4 Å². The second-order valence-corrected chi connectivity index (χ2v) is 7.67. The van der Waals surface area contributed by atoms with E-state index in [1.807, 2.05) is 0 Å². The number of piperazine rings is 1. The van der Waals surface area contributed by atoms with Crippen molar-refractivity contribution in [2.45, 2.75) is 64.5 Å². The molecule has 2 nitrogen and oxygen atoms in total. The minimum absolute atomic E-state index is 0.547. The molecule has 2 rings (SSSR count). The third kappa shape index (κ3) is 3.95. The number of alkyl halides is 1. The predicted octanol–water partition coefficient (Wildman–Crippen LogP) is 3.75. The van der Waals surface area contributed by atoms with Gasteiger partial charge in [0.15, 0.2) is 0 Å². The first kappa shape index (κ1) is 15.8. The quantitative estimate of drug-likeness (QED) is 0.574. The van der Waals surface area contributed by atoms with Gasteiger partial charge in [-0.1, -0.05) is 41.6 Å². The highest BCUT2D eigenvalue weighted by atomic mass is 79.9. The van der Waals surface area contributed by atoms with E-state index in [0.29, 0.717) is 17.5 Å². The normalized spacial score (nSPS) is 34.1. The maximum Gasteiger partial charge on any atom is 0.0195 e. The van der Waals surface area contributed by atoms with Crippen molar-refractivity contribution in [1.29, 1.82) is 0 Å². The Kier molecular flexibility index (Phi) is 5.74. The van der Waals surface area contributed by atoms with E-state index in [4.69, 9.17) is 0 Å². The van der Waals surface area contributed by atoms with Crippen LogP contribution in [0.4, 0.5) is 0 Å². The van der Waals surface area contributed by atoms with Gasteiger partial charge in [-0.15, -0.1) is 0 Å². The van der Waals surface area contributed by atoms with Crippen LogP contribution in [0.3, 0.4) is 0 Å². The Morgan fingerprint density at radius 3 is 2.00 bits per heavy atom. The maximum atomic E-state index is 3.83. The summed E-state index contributed by atoms with van der Waals surface area (Å²) in [6, 6.07) is 1.39. The average Bonchev–Trinajstić information content (AvgIpc) is 2.62. The average molecular weight is 331 g/mol. The zero-order valence-corrected chi connectivity index (χ0v) is 14.6. The van der Waals surface area contributed by atoms with Crippen molar-refractivity contribution in [1.82, 2.24) is 9.80 Å². The van der Waals surface area contributed by atoms with E-state index in [0.717, 1.165) is 0 Å². The van der Waals surface area contributed by atoms with Crippen molar-refractivity contribution in [3.05, 3.63) is 0 Å². The molecule has 1 aliphatic heterocycles. The molecule has 1 heterocycles. The zero-order valence-electron chi connectivity index (χ0n) is 13.0. The van der Waals surface area contributed by atoms with Crippen LogP contribution < -0.4 is 0 Å². The largest absolute Gasteiger partial charge is 0.300 e. The van der Waals surface area contributed by atoms with E-state index >= 15 is 0 Å². The summed E-state index contributed by atoms with van der Waals surface area (Å²) in [5.41, 5.74) is 0.547. The van der Waals surface area contributed by atoms with E-state index in [9.17, 15) is 0 Å². The molecule has 2 aliphatic rings. The van der Waals surface area contributed by atoms with E-state index in [1.165, 1.54) is 63.5 Å². The second-order valence-electron chi connectivity index (χ2n) is 7.11. The molecule has 3 heteroatoms. The Hall–Kier alpha value is 0.400. The molecular weight excluding hydrogens is 300 g/mol. The lowest BCUT2D eigenvalue weighted by Gasteiger charge is -2.46. The van der Waals surface area contributed by atoms with Crippen molar-refractivity contribution >= 4 is 15.9 Å². The third-order valence-corrected chi connectivity index (χ3v) is 6.63. The van der Waals surface area contributed by atoms with Crippen LogP contribution in [-0.4, -0.2) is 53.9 Å². The lowest BCUT2D eigenvalue weighted by atomic mass is 9.81. The van der Waals surface area contributed by atoms with Crippen LogP contribution in [0.15, 0.2) is 0 Å². The van der Waals surface area contributed by atoms with Crippen LogP contribution in [0.25, 0.3) is 0 Å². The first-order valence-corrected chi connectivity index (χ1v) is 9.19. The summed E-state index contributed by atoms with van der Waals surface area (Å²) in [7, 11) is 2.28. The fraction of sp³-hybridized carbons (Fsp3) is 1.00. The van der Waals surface area contributed by atoms with Crippen molar-refractivity contribution in [3.8, 4) is 0 Å². The third-order valence-electron chi connectivity index (χ3n) is 5.44. The van der Waals surface area contributed by atoms with Gasteiger partial charge < -0.3 is 0 Å². The van der Waals surface area contributed by atoms with Crippen molar-refractivity contribution in [2.75, 3.05) is 32.0 Å². The first-order valence-electron chi connectivity index (χ1n) is 8.06. The molecule has 1 saturated carbocycles. The molecule has 2 fully saturated rings. The van der Waals surface area contributed by atoms with Crippen LogP contribution in [0, 0.1) is 5.41 Å². The smallest absolute Gasteiger partial charge is 0.0195 e. The molecule has 0 amide bonds. The number of hydrogen-bond donors (Lipinski definition) is 0. The number of rotatable bonds is 3. The van der Waals surface area contributed by atoms with Gasteiger partial charge in [0.05, 0.1) is 0 Å². The molecular formula is C16H31BrN2. The minimum atomic E-state index is 0.547. The van der Waals surface area contributed by atoms with Gasteiger partial charge in [-0.2, -0.15) is 0 Å². The fourth-order valence-electron chi connectivity index (χ4n) is 3.93. The van der Waals surface area contributed by atoms with E-state index in [-0.39, 0.29) is 0 Å². The van der Waals surface area contributed by atoms with Crippen molar-refractivity contribution in [2.24, 2.45) is 5.41 Å². The Bertz CT molecular complexity index is 262. The van der Waals surface area contributed by atoms with Crippen molar-refractivity contribution in [3.63, 3.8) is 0 Å². The van der Waals surface area contributed by atoms with Gasteiger partial charge in [-0.05, 0) is 39.2 Å². The fourth-order valence-corrected chi connectivity index (χ4v) is 4.67. The van der Waals surface area contributed by atoms with Crippen LogP contribution in [-0.2, 0) is 0 Å². The molecule has 19 heavy (non-hydrogen) atoms. The topological polar surface area (TPSA) is 6.48 Å². The zero-order chi connectivity index (χ0) is 13.9. The standard InChI is InChI=1S/C16H31BrN2/c1-14-10-19(11-15(2)18(14)3)13-16(12-17)8-6-4-5-7-9-16/h14-15H,4-13H2,1-3H3. The summed E-state index contributed by atoms with van der Waals surface area (Å²) >= 11 is 3.83. The van der Waals surface area contributed by atoms with Gasteiger partial charge in [0.2, 0.25) is 0 Å². The second kappa shape index (κ2) is 6.91. The van der Waals surface area contributed by atoms with Crippen LogP contribution in [0.2, 0.25) is 0 Å². The molecule has 0 aromatic rings. The molecule has 0 bridgehead atoms. The van der Waals surface area contributed by atoms with E-state index in [2.05, 4.69) is 46.6 Å². The Morgan fingerprint density at radius 1 is 1.00 bits per heavy atom. The summed E-state index contributed by atoms with van der Waals surface area (Å²) in [6.45, 7) is 8.54. The molecule has 1 aliphatic carbocycles. The van der Waals surface area contributed by atoms with Gasteiger partial charge in [-0.25, -0.2) is 0 Å². The molecule has 112 valence electrons. The molecule has 0 aromatic heterocycles. The molecule has 0 aromatic carbocycles. The summed E-state index contributed by atoms with van der Waals surface area (Å²) in [6.07, 6.45) is 8.62. The SMILES string of the molecule is CC1CN(CC2(CBr)CCCCCC2)CC(C)N1C. The number of likely N-dealkylation sites (N-methyl/N-ethyl adjacent to an activating group) is 1. The lowest BCUT2D eigenvalue weighted by Crippen LogP contribution is -2.57. The first-order chi connectivity index (χ1) is 9.06. The van der Waals surface area contributed by atoms with Crippen LogP contribution in [0.5, 0.6) is 0 Å². The van der Waals surface area contributed by atoms with Gasteiger partial charge in [0.1, 0.15) is 0 Å². The minimum Gasteiger partial charge on any atom is -0.300 e. The molecule has 1 saturated heterocycles. The van der Waals surface area contributed by atoms with Crippen LogP contribution >= 0.6 is 15.9 Å². The molecule has 0 radical (unpaired) electrons. The van der Waals surface area contributed by atoms with Gasteiger partial charge in [0, 0.05) is 37.0 Å². The number of hydrogen-bond acceptors (Lipinski definition) is 2. The Morgan fingerprint density at radius 2 is 1.53 bits per heavy atom. The monoisotopic (exact) mass is 330 g/mol. The highest BCUT2D eigenvalue weighted by Crippen LogP contribution is 2.38. The summed E-state index contributed by atoms with van der Waals surface area (Å²) in [5.74, 6) is 0. The Balaban J connectivity index is 1.97. The molecule has 2 unspecified atom stereocenters. The highest BCUT2D eigenvalue weighted by Gasteiger charge is 2.35. The number of halogens is 1. The molecule has 2 atom stereocenters. The van der Waals surface area contributed by atoms with Gasteiger partial charge in [0.25, 0.3) is 0 Å².